The molecule has 1 aromatic heterocycles. The fraction of sp³-hybridized carbons (Fsp3) is 0.348. The molecule has 158 valence electrons. The molecule has 0 fully saturated rings. The van der Waals surface area contributed by atoms with Crippen molar-refractivity contribution in [3.63, 3.8) is 0 Å². The summed E-state index contributed by atoms with van der Waals surface area (Å²) in [5, 5.41) is 4.53. The SMILES string of the molecule is CCc1nc(N(CCOC)CCC(=O)NCc2ccccc2)c2ccc(Cl)cc2n1. The molecule has 0 spiro atoms. The van der Waals surface area contributed by atoms with Gasteiger partial charge in [0.25, 0.3) is 0 Å². The Morgan fingerprint density at radius 1 is 1.13 bits per heavy atom. The molecule has 0 atom stereocenters. The van der Waals surface area contributed by atoms with E-state index in [0.29, 0.717) is 44.1 Å². The minimum Gasteiger partial charge on any atom is -0.383 e. The fourth-order valence-electron chi connectivity index (χ4n) is 3.18. The van der Waals surface area contributed by atoms with Crippen molar-refractivity contribution in [2.24, 2.45) is 0 Å². The van der Waals surface area contributed by atoms with Gasteiger partial charge in [-0.25, -0.2) is 9.97 Å². The first kappa shape index (κ1) is 22.0. The van der Waals surface area contributed by atoms with Crippen LogP contribution in [0.3, 0.4) is 0 Å². The molecule has 7 heteroatoms. The van der Waals surface area contributed by atoms with Crippen LogP contribution in [-0.4, -0.2) is 42.7 Å². The van der Waals surface area contributed by atoms with E-state index in [2.05, 4.69) is 15.2 Å². The molecule has 30 heavy (non-hydrogen) atoms. The summed E-state index contributed by atoms with van der Waals surface area (Å²) in [6, 6.07) is 15.5. The topological polar surface area (TPSA) is 67.4 Å². The number of fused-ring (bicyclic) bond motifs is 1. The number of amides is 1. The number of nitrogens with one attached hydrogen (secondary N) is 1. The average molecular weight is 427 g/mol. The lowest BCUT2D eigenvalue weighted by Crippen LogP contribution is -2.33. The third-order valence-corrected chi connectivity index (χ3v) is 5.04. The summed E-state index contributed by atoms with van der Waals surface area (Å²) in [6.07, 6.45) is 1.07. The van der Waals surface area contributed by atoms with Gasteiger partial charge in [-0.2, -0.15) is 0 Å². The molecule has 3 aromatic rings. The Morgan fingerprint density at radius 3 is 2.67 bits per heavy atom. The van der Waals surface area contributed by atoms with Crippen molar-refractivity contribution >= 4 is 34.2 Å². The van der Waals surface area contributed by atoms with Crippen LogP contribution in [0, 0.1) is 0 Å². The van der Waals surface area contributed by atoms with E-state index in [9.17, 15) is 4.79 Å². The minimum atomic E-state index is -0.00149. The first-order valence-electron chi connectivity index (χ1n) is 10.1. The van der Waals surface area contributed by atoms with Crippen LogP contribution in [0.1, 0.15) is 24.7 Å². The molecule has 2 aromatic carbocycles. The Balaban J connectivity index is 1.76. The summed E-state index contributed by atoms with van der Waals surface area (Å²) in [6.45, 7) is 4.23. The summed E-state index contributed by atoms with van der Waals surface area (Å²) in [5.74, 6) is 1.55. The predicted molar refractivity (Wildman–Crippen MR) is 121 cm³/mol. The van der Waals surface area contributed by atoms with E-state index in [0.717, 1.165) is 28.1 Å². The largest absolute Gasteiger partial charge is 0.383 e. The number of carbonyl (C=O) groups is 1. The number of ether oxygens (including phenoxy) is 1. The number of rotatable bonds is 10. The van der Waals surface area contributed by atoms with Crippen molar-refractivity contribution in [3.05, 3.63) is 64.9 Å². The van der Waals surface area contributed by atoms with Gasteiger partial charge >= 0.3 is 0 Å². The standard InChI is InChI=1S/C23H27ClN4O2/c1-3-21-26-20-15-18(24)9-10-19(20)23(27-21)28(13-14-30-2)12-11-22(29)25-16-17-7-5-4-6-8-17/h4-10,15H,3,11-14,16H2,1-2H3,(H,25,29). The van der Waals surface area contributed by atoms with Gasteiger partial charge < -0.3 is 15.0 Å². The number of hydrogen-bond donors (Lipinski definition) is 1. The van der Waals surface area contributed by atoms with E-state index in [1.54, 1.807) is 7.11 Å². The van der Waals surface area contributed by atoms with E-state index < -0.39 is 0 Å². The maximum absolute atomic E-state index is 12.4. The molecule has 0 bridgehead atoms. The summed E-state index contributed by atoms with van der Waals surface area (Å²) in [5.41, 5.74) is 1.88. The zero-order valence-corrected chi connectivity index (χ0v) is 18.2. The predicted octanol–water partition coefficient (Wildman–Crippen LogP) is 4.00. The molecule has 0 unspecified atom stereocenters. The van der Waals surface area contributed by atoms with E-state index in [1.807, 2.05) is 55.5 Å². The number of hydrogen-bond acceptors (Lipinski definition) is 5. The zero-order valence-electron chi connectivity index (χ0n) is 17.4. The molecule has 0 aliphatic heterocycles. The molecule has 0 aliphatic rings. The van der Waals surface area contributed by atoms with Gasteiger partial charge in [-0.3, -0.25) is 4.79 Å². The molecular weight excluding hydrogens is 400 g/mol. The molecule has 3 rings (SSSR count). The van der Waals surface area contributed by atoms with Crippen LogP contribution < -0.4 is 10.2 Å². The quantitative estimate of drug-likeness (QED) is 0.530. The maximum atomic E-state index is 12.4. The van der Waals surface area contributed by atoms with E-state index in [4.69, 9.17) is 21.3 Å². The summed E-state index contributed by atoms with van der Waals surface area (Å²) in [4.78, 5) is 23.9. The normalized spacial score (nSPS) is 10.9. The fourth-order valence-corrected chi connectivity index (χ4v) is 3.34. The molecule has 0 saturated carbocycles. The number of nitrogens with zero attached hydrogens (tertiary/aromatic N) is 3. The second-order valence-electron chi connectivity index (χ2n) is 6.97. The van der Waals surface area contributed by atoms with Gasteiger partial charge in [0.1, 0.15) is 11.6 Å². The van der Waals surface area contributed by atoms with Crippen LogP contribution in [0.2, 0.25) is 5.02 Å². The van der Waals surface area contributed by atoms with Crippen LogP contribution >= 0.6 is 11.6 Å². The molecule has 0 radical (unpaired) electrons. The monoisotopic (exact) mass is 426 g/mol. The second kappa shape index (κ2) is 10.9. The number of benzene rings is 2. The summed E-state index contributed by atoms with van der Waals surface area (Å²) < 4.78 is 5.29. The first-order chi connectivity index (χ1) is 14.6. The highest BCUT2D eigenvalue weighted by molar-refractivity contribution is 6.31. The van der Waals surface area contributed by atoms with Crippen molar-refractivity contribution in [2.45, 2.75) is 26.3 Å². The number of carbonyl (C=O) groups excluding carboxylic acids is 1. The van der Waals surface area contributed by atoms with Crippen LogP contribution in [-0.2, 0) is 22.5 Å². The van der Waals surface area contributed by atoms with Crippen molar-refractivity contribution in [2.75, 3.05) is 31.7 Å². The van der Waals surface area contributed by atoms with Crippen molar-refractivity contribution < 1.29 is 9.53 Å². The minimum absolute atomic E-state index is 0.00149. The van der Waals surface area contributed by atoms with Gasteiger partial charge in [0.05, 0.1) is 12.1 Å². The number of aryl methyl sites for hydroxylation is 1. The lowest BCUT2D eigenvalue weighted by Gasteiger charge is -2.25. The molecule has 0 saturated heterocycles. The molecular formula is C23H27ClN4O2. The third kappa shape index (κ3) is 5.90. The summed E-state index contributed by atoms with van der Waals surface area (Å²) >= 11 is 6.17. The van der Waals surface area contributed by atoms with Crippen LogP contribution in [0.15, 0.2) is 48.5 Å². The number of anilines is 1. The molecule has 6 nitrogen and oxygen atoms in total. The highest BCUT2D eigenvalue weighted by Gasteiger charge is 2.16. The van der Waals surface area contributed by atoms with E-state index in [-0.39, 0.29) is 5.91 Å². The average Bonchev–Trinajstić information content (AvgIpc) is 2.77. The smallest absolute Gasteiger partial charge is 0.222 e. The van der Waals surface area contributed by atoms with Gasteiger partial charge in [-0.1, -0.05) is 48.9 Å². The van der Waals surface area contributed by atoms with Crippen LogP contribution in [0.25, 0.3) is 10.9 Å². The number of aromatic nitrogens is 2. The molecule has 1 amide bonds. The first-order valence-corrected chi connectivity index (χ1v) is 10.5. The summed E-state index contributed by atoms with van der Waals surface area (Å²) in [7, 11) is 1.67. The Labute approximate surface area is 182 Å². The van der Waals surface area contributed by atoms with E-state index >= 15 is 0 Å². The van der Waals surface area contributed by atoms with Gasteiger partial charge in [0, 0.05) is 50.0 Å². The van der Waals surface area contributed by atoms with Crippen LogP contribution in [0.4, 0.5) is 5.82 Å². The Bertz CT molecular complexity index is 982. The van der Waals surface area contributed by atoms with Gasteiger partial charge in [0.15, 0.2) is 0 Å². The maximum Gasteiger partial charge on any atom is 0.222 e. The zero-order chi connectivity index (χ0) is 21.3. The lowest BCUT2D eigenvalue weighted by atomic mass is 10.2. The molecule has 1 N–H and O–H groups in total. The van der Waals surface area contributed by atoms with Crippen LogP contribution in [0.5, 0.6) is 0 Å². The van der Waals surface area contributed by atoms with Gasteiger partial charge in [-0.15, -0.1) is 0 Å². The number of methoxy groups -OCH3 is 1. The second-order valence-corrected chi connectivity index (χ2v) is 7.41. The highest BCUT2D eigenvalue weighted by atomic mass is 35.5. The molecule has 1 heterocycles. The lowest BCUT2D eigenvalue weighted by molar-refractivity contribution is -0.121. The van der Waals surface area contributed by atoms with Gasteiger partial charge in [-0.05, 0) is 23.8 Å². The Hall–Kier alpha value is -2.70. The highest BCUT2D eigenvalue weighted by Crippen LogP contribution is 2.27. The van der Waals surface area contributed by atoms with Crippen molar-refractivity contribution in [3.8, 4) is 0 Å². The molecule has 0 aliphatic carbocycles. The third-order valence-electron chi connectivity index (χ3n) is 4.81. The Morgan fingerprint density at radius 2 is 1.93 bits per heavy atom. The van der Waals surface area contributed by atoms with Crippen molar-refractivity contribution in [1.29, 1.82) is 0 Å². The van der Waals surface area contributed by atoms with E-state index in [1.165, 1.54) is 0 Å². The van der Waals surface area contributed by atoms with Crippen molar-refractivity contribution in [1.82, 2.24) is 15.3 Å². The Kier molecular flexibility index (Phi) is 7.99. The number of halogens is 1. The van der Waals surface area contributed by atoms with Gasteiger partial charge in [0.2, 0.25) is 5.91 Å².